The van der Waals surface area contributed by atoms with E-state index in [0.29, 0.717) is 0 Å². The van der Waals surface area contributed by atoms with E-state index < -0.39 is 0 Å². The van der Waals surface area contributed by atoms with Gasteiger partial charge in [-0.1, -0.05) is 78.1 Å². The smallest absolute Gasteiger partial charge is 0.0137 e. The zero-order valence-corrected chi connectivity index (χ0v) is 11.7. The molecule has 88 valence electrons. The van der Waals surface area contributed by atoms with E-state index in [2.05, 4.69) is 70.2 Å². The van der Waals surface area contributed by atoms with Crippen molar-refractivity contribution in [3.8, 4) is 0 Å². The van der Waals surface area contributed by atoms with Gasteiger partial charge in [0, 0.05) is 0 Å². The van der Waals surface area contributed by atoms with Gasteiger partial charge in [0.2, 0.25) is 0 Å². The summed E-state index contributed by atoms with van der Waals surface area (Å²) < 4.78 is 0. The molecule has 0 aromatic heterocycles. The Labute approximate surface area is 102 Å². The Kier molecular flexibility index (Phi) is 5.77. The van der Waals surface area contributed by atoms with Crippen molar-refractivity contribution in [3.05, 3.63) is 42.0 Å². The average Bonchev–Trinajstić information content (AvgIpc) is 2.24. The Morgan fingerprint density at radius 2 is 1.56 bits per heavy atom. The van der Waals surface area contributed by atoms with Crippen molar-refractivity contribution in [3.63, 3.8) is 0 Å². The van der Waals surface area contributed by atoms with Crippen LogP contribution < -0.4 is 0 Å². The molecular weight excluding hydrogens is 211 g/mol. The molecule has 0 aliphatic rings. The number of benzene rings is 1. The van der Waals surface area contributed by atoms with Gasteiger partial charge in [0.25, 0.3) is 0 Å². The van der Waals surface area contributed by atoms with Crippen LogP contribution in [0.4, 0.5) is 0 Å². The predicted octanol–water partition coefficient (Wildman–Crippen LogP) is 5.00. The van der Waals surface area contributed by atoms with Gasteiger partial charge in [-0.25, -0.2) is 0 Å². The molecule has 0 aliphatic heterocycles. The van der Waals surface area contributed by atoms with Crippen LogP contribution in [-0.2, 0) is 0 Å². The molecule has 1 heteroatoms. The summed E-state index contributed by atoms with van der Waals surface area (Å²) in [5.74, 6) is 0. The summed E-state index contributed by atoms with van der Waals surface area (Å²) in [6.07, 6.45) is 5.85. The molecule has 0 spiro atoms. The van der Waals surface area contributed by atoms with Gasteiger partial charge >= 0.3 is 0 Å². The van der Waals surface area contributed by atoms with Crippen LogP contribution in [0.15, 0.2) is 36.4 Å². The summed E-state index contributed by atoms with van der Waals surface area (Å²) in [6.45, 7) is 9.40. The largest absolute Gasteiger partial charge is 0.0976 e. The standard InChI is InChI=1S/C15H23P/c1-13(2)16(14(3)4)12-8-11-15-9-6-5-7-10-15/h5-11,13-14H,12H2,1-4H3/b11-8+. The summed E-state index contributed by atoms with van der Waals surface area (Å²) in [7, 11) is 0.138. The third-order valence-electron chi connectivity index (χ3n) is 2.75. The van der Waals surface area contributed by atoms with Crippen LogP contribution in [0.2, 0.25) is 0 Å². The lowest BCUT2D eigenvalue weighted by atomic mass is 10.2. The van der Waals surface area contributed by atoms with Crippen molar-refractivity contribution in [1.29, 1.82) is 0 Å². The summed E-state index contributed by atoms with van der Waals surface area (Å²) in [5, 5.41) is 0. The van der Waals surface area contributed by atoms with Crippen LogP contribution in [0.1, 0.15) is 33.3 Å². The molecule has 0 radical (unpaired) electrons. The van der Waals surface area contributed by atoms with Crippen molar-refractivity contribution >= 4 is 14.0 Å². The first-order chi connectivity index (χ1) is 7.61. The fraction of sp³-hybridized carbons (Fsp3) is 0.467. The van der Waals surface area contributed by atoms with E-state index in [1.807, 2.05) is 0 Å². The van der Waals surface area contributed by atoms with Gasteiger partial charge in [0.1, 0.15) is 0 Å². The van der Waals surface area contributed by atoms with E-state index in [9.17, 15) is 0 Å². The topological polar surface area (TPSA) is 0 Å². The molecule has 0 atom stereocenters. The molecular formula is C15H23P. The highest BCUT2D eigenvalue weighted by atomic mass is 31.1. The monoisotopic (exact) mass is 234 g/mol. The van der Waals surface area contributed by atoms with Gasteiger partial charge in [0.15, 0.2) is 0 Å². The van der Waals surface area contributed by atoms with E-state index >= 15 is 0 Å². The second kappa shape index (κ2) is 6.86. The first-order valence-electron chi connectivity index (χ1n) is 6.08. The first kappa shape index (κ1) is 13.5. The minimum atomic E-state index is 0.138. The summed E-state index contributed by atoms with van der Waals surface area (Å²) in [5.41, 5.74) is 2.97. The number of allylic oxidation sites excluding steroid dienone is 1. The average molecular weight is 234 g/mol. The van der Waals surface area contributed by atoms with Crippen LogP contribution in [0.3, 0.4) is 0 Å². The lowest BCUT2D eigenvalue weighted by molar-refractivity contribution is 1.01. The quantitative estimate of drug-likeness (QED) is 0.629. The van der Waals surface area contributed by atoms with Gasteiger partial charge in [-0.3, -0.25) is 0 Å². The Balaban J connectivity index is 2.52. The zero-order chi connectivity index (χ0) is 12.0. The molecule has 0 amide bonds. The van der Waals surface area contributed by atoms with E-state index in [4.69, 9.17) is 0 Å². The Bertz CT molecular complexity index is 303. The molecule has 1 aromatic carbocycles. The van der Waals surface area contributed by atoms with E-state index in [-0.39, 0.29) is 7.92 Å². The molecule has 1 rings (SSSR count). The third-order valence-corrected chi connectivity index (χ3v) is 6.04. The van der Waals surface area contributed by atoms with Crippen LogP contribution >= 0.6 is 7.92 Å². The maximum Gasteiger partial charge on any atom is -0.0137 e. The summed E-state index contributed by atoms with van der Waals surface area (Å²) in [4.78, 5) is 0. The van der Waals surface area contributed by atoms with E-state index in [0.717, 1.165) is 11.3 Å². The van der Waals surface area contributed by atoms with Crippen molar-refractivity contribution in [2.45, 2.75) is 39.0 Å². The van der Waals surface area contributed by atoms with Crippen molar-refractivity contribution in [2.24, 2.45) is 0 Å². The van der Waals surface area contributed by atoms with E-state index in [1.54, 1.807) is 0 Å². The maximum atomic E-state index is 2.35. The minimum absolute atomic E-state index is 0.138. The molecule has 16 heavy (non-hydrogen) atoms. The highest BCUT2D eigenvalue weighted by Gasteiger charge is 2.14. The molecule has 0 heterocycles. The maximum absolute atomic E-state index is 2.35. The van der Waals surface area contributed by atoms with Crippen molar-refractivity contribution in [1.82, 2.24) is 0 Å². The molecule has 0 N–H and O–H groups in total. The van der Waals surface area contributed by atoms with Crippen LogP contribution in [0.5, 0.6) is 0 Å². The normalized spacial score (nSPS) is 12.2. The van der Waals surface area contributed by atoms with Gasteiger partial charge in [-0.2, -0.15) is 0 Å². The van der Waals surface area contributed by atoms with Gasteiger partial charge in [-0.15, -0.1) is 0 Å². The fourth-order valence-corrected chi connectivity index (χ4v) is 4.28. The van der Waals surface area contributed by atoms with Crippen LogP contribution in [-0.4, -0.2) is 17.5 Å². The lowest BCUT2D eigenvalue weighted by Gasteiger charge is -2.24. The molecule has 0 nitrogen and oxygen atoms in total. The second-order valence-electron chi connectivity index (χ2n) is 4.70. The van der Waals surface area contributed by atoms with E-state index in [1.165, 1.54) is 11.7 Å². The zero-order valence-electron chi connectivity index (χ0n) is 10.9. The van der Waals surface area contributed by atoms with Gasteiger partial charge in [0.05, 0.1) is 0 Å². The minimum Gasteiger partial charge on any atom is -0.0976 e. The van der Waals surface area contributed by atoms with Crippen LogP contribution in [0, 0.1) is 0 Å². The molecule has 0 aliphatic carbocycles. The van der Waals surface area contributed by atoms with Crippen molar-refractivity contribution in [2.75, 3.05) is 6.16 Å². The summed E-state index contributed by atoms with van der Waals surface area (Å²) >= 11 is 0. The molecule has 0 fully saturated rings. The molecule has 1 aromatic rings. The molecule has 0 bridgehead atoms. The fourth-order valence-electron chi connectivity index (χ4n) is 1.89. The van der Waals surface area contributed by atoms with Crippen LogP contribution in [0.25, 0.3) is 6.08 Å². The highest BCUT2D eigenvalue weighted by Crippen LogP contribution is 2.45. The Morgan fingerprint density at radius 3 is 2.06 bits per heavy atom. The number of hydrogen-bond donors (Lipinski definition) is 0. The first-order valence-corrected chi connectivity index (χ1v) is 7.75. The number of hydrogen-bond acceptors (Lipinski definition) is 0. The summed E-state index contributed by atoms with van der Waals surface area (Å²) in [6, 6.07) is 10.6. The SMILES string of the molecule is CC(C)P(C/C=C/c1ccccc1)C(C)C. The predicted molar refractivity (Wildman–Crippen MR) is 77.5 cm³/mol. The van der Waals surface area contributed by atoms with Crippen molar-refractivity contribution < 1.29 is 0 Å². The molecule has 0 saturated heterocycles. The lowest BCUT2D eigenvalue weighted by Crippen LogP contribution is -2.05. The Hall–Kier alpha value is -0.610. The Morgan fingerprint density at radius 1 is 1.00 bits per heavy atom. The third kappa shape index (κ3) is 4.49. The second-order valence-corrected chi connectivity index (χ2v) is 8.16. The van der Waals surface area contributed by atoms with Gasteiger partial charge in [-0.05, 0) is 23.0 Å². The molecule has 0 unspecified atom stereocenters. The molecule has 0 saturated carbocycles. The number of rotatable bonds is 5. The highest BCUT2D eigenvalue weighted by molar-refractivity contribution is 7.59. The van der Waals surface area contributed by atoms with Gasteiger partial charge < -0.3 is 0 Å².